The predicted octanol–water partition coefficient (Wildman–Crippen LogP) is -2.36. The molecule has 0 N–H and O–H groups in total. The predicted molar refractivity (Wildman–Crippen MR) is 66.0 cm³/mol. The molecule has 17 heavy (non-hydrogen) atoms. The van der Waals surface area contributed by atoms with Gasteiger partial charge in [-0.05, 0) is 0 Å². The molecule has 1 atom stereocenters. The molecule has 1 aliphatic carbocycles. The van der Waals surface area contributed by atoms with Crippen molar-refractivity contribution in [3.63, 3.8) is 0 Å². The van der Waals surface area contributed by atoms with Crippen molar-refractivity contribution in [2.45, 2.75) is 34.1 Å². The fourth-order valence-corrected chi connectivity index (χ4v) is 4.23. The van der Waals surface area contributed by atoms with Crippen LogP contribution in [-0.2, 0) is 20.4 Å². The smallest absolute Gasteiger partial charge is 1.00 e. The summed E-state index contributed by atoms with van der Waals surface area (Å²) in [6, 6.07) is 0. The second-order valence-corrected chi connectivity index (χ2v) is 7.25. The Morgan fingerprint density at radius 3 is 2.00 bits per heavy atom. The first kappa shape index (κ1) is 17.6. The van der Waals surface area contributed by atoms with Crippen molar-refractivity contribution in [3.05, 3.63) is 33.6 Å². The molecule has 1 unspecified atom stereocenters. The van der Waals surface area contributed by atoms with Crippen LogP contribution in [0.4, 0.5) is 0 Å². The molecule has 1 aromatic rings. The molecular weight excluding hydrogens is 306 g/mol. The maximum atomic E-state index is 2.38. The molecular formula is C13H16Cl2PTi. The molecule has 0 fully saturated rings. The van der Waals surface area contributed by atoms with Gasteiger partial charge in [0.15, 0.2) is 0 Å². The van der Waals surface area contributed by atoms with Crippen LogP contribution in [0, 0.1) is 13.8 Å². The van der Waals surface area contributed by atoms with Gasteiger partial charge in [0.05, 0.1) is 0 Å². The van der Waals surface area contributed by atoms with Crippen molar-refractivity contribution in [2.75, 3.05) is 0 Å². The largest absolute Gasteiger partial charge is 1.00 e. The molecule has 2 rings (SSSR count). The Kier molecular flexibility index (Phi) is 6.86. The van der Waals surface area contributed by atoms with Crippen LogP contribution in [0.5, 0.6) is 0 Å². The van der Waals surface area contributed by atoms with E-state index in [4.69, 9.17) is 0 Å². The second kappa shape index (κ2) is 6.64. The average Bonchev–Trinajstić information content (AvgIpc) is 2.63. The van der Waals surface area contributed by atoms with E-state index in [1.165, 1.54) is 28.7 Å². The first-order valence-electron chi connectivity index (χ1n) is 5.28. The van der Waals surface area contributed by atoms with Crippen molar-refractivity contribution in [2.24, 2.45) is 0 Å². The van der Waals surface area contributed by atoms with E-state index in [0.29, 0.717) is 0 Å². The van der Waals surface area contributed by atoms with Crippen LogP contribution in [0.2, 0.25) is 0 Å². The first-order chi connectivity index (χ1) is 7.00. The Morgan fingerprint density at radius 2 is 1.65 bits per heavy atom. The summed E-state index contributed by atoms with van der Waals surface area (Å²) >= 11 is 2.27. The van der Waals surface area contributed by atoms with Gasteiger partial charge in [0.2, 0.25) is 0 Å². The number of rotatable bonds is 1. The van der Waals surface area contributed by atoms with Gasteiger partial charge in [-0.15, -0.1) is 0 Å². The third kappa shape index (κ3) is 3.31. The molecule has 0 saturated carbocycles. The fourth-order valence-electron chi connectivity index (χ4n) is 2.03. The third-order valence-electron chi connectivity index (χ3n) is 3.40. The summed E-state index contributed by atoms with van der Waals surface area (Å²) in [4.78, 5) is 0. The standard InChI is InChI=1S/C13H16P.2ClH.Ti/c1-8-5-12(6-9(8)2)13-11(4)10(3)7-14-13;;;/h5,14H,6H2,1-4H3;2*1H;/q;;;+2/p-2. The van der Waals surface area contributed by atoms with Gasteiger partial charge in [0.25, 0.3) is 0 Å². The van der Waals surface area contributed by atoms with Crippen LogP contribution in [0.1, 0.15) is 36.7 Å². The molecule has 1 aromatic heterocycles. The van der Waals surface area contributed by atoms with E-state index in [9.17, 15) is 0 Å². The molecule has 0 spiro atoms. The Balaban J connectivity index is 0.00000128. The van der Waals surface area contributed by atoms with Gasteiger partial charge in [0, 0.05) is 0 Å². The van der Waals surface area contributed by atoms with Crippen LogP contribution in [0.3, 0.4) is 0 Å². The summed E-state index contributed by atoms with van der Waals surface area (Å²) in [6.07, 6.45) is 3.55. The van der Waals surface area contributed by atoms with Crippen LogP contribution >= 0.6 is 8.19 Å². The Morgan fingerprint density at radius 1 is 1.06 bits per heavy atom. The van der Waals surface area contributed by atoms with Gasteiger partial charge >= 0.3 is 106 Å². The van der Waals surface area contributed by atoms with Crippen molar-refractivity contribution in [1.82, 2.24) is 0 Å². The minimum Gasteiger partial charge on any atom is -1.00 e. The van der Waals surface area contributed by atoms with Gasteiger partial charge in [-0.3, -0.25) is 0 Å². The van der Waals surface area contributed by atoms with Gasteiger partial charge in [0.1, 0.15) is 0 Å². The second-order valence-electron chi connectivity index (χ2n) is 4.43. The van der Waals surface area contributed by atoms with E-state index in [1.807, 2.05) is 0 Å². The average molecular weight is 322 g/mol. The Hall–Kier alpha value is 0.554. The molecule has 1 aliphatic rings. The minimum atomic E-state index is 0. The quantitative estimate of drug-likeness (QED) is 0.508. The molecule has 1 heterocycles. The summed E-state index contributed by atoms with van der Waals surface area (Å²) in [6.45, 7) is 9.01. The number of hydrogen-bond donors (Lipinski definition) is 0. The van der Waals surface area contributed by atoms with E-state index in [2.05, 4.69) is 54.2 Å². The normalized spacial score (nSPS) is 14.8. The van der Waals surface area contributed by atoms with Gasteiger partial charge in [-0.2, -0.15) is 0 Å². The molecule has 0 amide bonds. The zero-order valence-corrected chi connectivity index (χ0v) is 14.6. The zero-order valence-electron chi connectivity index (χ0n) is 10.5. The molecule has 0 aromatic carbocycles. The number of hydrogen-bond acceptors (Lipinski definition) is 0. The molecule has 91 valence electrons. The van der Waals surface area contributed by atoms with Crippen molar-refractivity contribution < 1.29 is 45.2 Å². The summed E-state index contributed by atoms with van der Waals surface area (Å²) in [5, 5.41) is 1.61. The van der Waals surface area contributed by atoms with Crippen LogP contribution in [0.15, 0.2) is 17.2 Å². The number of allylic oxidation sites excluding steroid dienone is 4. The third-order valence-corrected chi connectivity index (χ3v) is 6.15. The summed E-state index contributed by atoms with van der Waals surface area (Å²) in [7, 11) is 0.912. The first-order valence-corrected chi connectivity index (χ1v) is 7.07. The molecule has 4 heteroatoms. The topological polar surface area (TPSA) is 0 Å². The SMILES string of the molecule is CC1=C(C)CC(c2[pH][c]([Ti+2])c(C)c2C)=C1.[Cl-].[Cl-]. The Labute approximate surface area is 130 Å². The van der Waals surface area contributed by atoms with E-state index in [-0.39, 0.29) is 24.8 Å². The summed E-state index contributed by atoms with van der Waals surface area (Å²) < 4.78 is 1.57. The van der Waals surface area contributed by atoms with Crippen LogP contribution in [0.25, 0.3) is 5.57 Å². The maximum absolute atomic E-state index is 2.38. The van der Waals surface area contributed by atoms with Crippen molar-refractivity contribution >= 4 is 17.4 Å². The zero-order chi connectivity index (χ0) is 11.2. The summed E-state index contributed by atoms with van der Waals surface area (Å²) in [5.41, 5.74) is 7.62. The van der Waals surface area contributed by atoms with E-state index < -0.39 is 0 Å². The van der Waals surface area contributed by atoms with Crippen LogP contribution in [-0.4, -0.2) is 0 Å². The number of halogens is 2. The molecule has 0 bridgehead atoms. The van der Waals surface area contributed by atoms with Crippen molar-refractivity contribution in [1.29, 1.82) is 0 Å². The van der Waals surface area contributed by atoms with E-state index >= 15 is 0 Å². The fraction of sp³-hybridized carbons (Fsp3) is 0.385. The summed E-state index contributed by atoms with van der Waals surface area (Å²) in [5.74, 6) is 0. The van der Waals surface area contributed by atoms with Gasteiger partial charge in [-0.1, -0.05) is 0 Å². The minimum absolute atomic E-state index is 0. The van der Waals surface area contributed by atoms with E-state index in [1.54, 1.807) is 14.5 Å². The van der Waals surface area contributed by atoms with Gasteiger partial charge in [-0.25, -0.2) is 0 Å². The molecule has 0 saturated heterocycles. The van der Waals surface area contributed by atoms with Gasteiger partial charge < -0.3 is 24.8 Å². The van der Waals surface area contributed by atoms with E-state index in [0.717, 1.165) is 8.19 Å². The van der Waals surface area contributed by atoms with Crippen molar-refractivity contribution in [3.8, 4) is 0 Å². The Bertz CT molecular complexity index is 484. The van der Waals surface area contributed by atoms with Crippen LogP contribution < -0.4 is 28.4 Å². The molecule has 0 nitrogen and oxygen atoms in total. The monoisotopic (exact) mass is 321 g/mol. The molecule has 0 aliphatic heterocycles. The molecule has 0 radical (unpaired) electrons. The maximum Gasteiger partial charge on any atom is -1.00 e.